The van der Waals surface area contributed by atoms with Crippen molar-refractivity contribution in [2.75, 3.05) is 38.6 Å². The summed E-state index contributed by atoms with van der Waals surface area (Å²) >= 11 is 0. The largest absolute Gasteiger partial charge is 0.378 e. The first kappa shape index (κ1) is 17.9. The van der Waals surface area contributed by atoms with Crippen LogP contribution in [0, 0.1) is 0 Å². The lowest BCUT2D eigenvalue weighted by Gasteiger charge is -2.24. The fourth-order valence-electron chi connectivity index (χ4n) is 3.79. The summed E-state index contributed by atoms with van der Waals surface area (Å²) in [6.45, 7) is 5.52. The van der Waals surface area contributed by atoms with E-state index in [1.165, 1.54) is 0 Å². The Bertz CT molecular complexity index is 827. The van der Waals surface area contributed by atoms with Gasteiger partial charge in [-0.2, -0.15) is 0 Å². The van der Waals surface area contributed by atoms with E-state index < -0.39 is 0 Å². The molecule has 7 nitrogen and oxygen atoms in total. The van der Waals surface area contributed by atoms with Crippen LogP contribution in [0.3, 0.4) is 0 Å². The third kappa shape index (κ3) is 3.52. The van der Waals surface area contributed by atoms with Gasteiger partial charge in [0.1, 0.15) is 11.5 Å². The van der Waals surface area contributed by atoms with Crippen LogP contribution < -0.4 is 10.6 Å². The van der Waals surface area contributed by atoms with Crippen LogP contribution in [0.15, 0.2) is 30.3 Å². The molecule has 2 aliphatic heterocycles. The van der Waals surface area contributed by atoms with Crippen LogP contribution in [0.25, 0.3) is 11.4 Å². The van der Waals surface area contributed by atoms with Gasteiger partial charge in [0.2, 0.25) is 0 Å². The molecule has 2 aliphatic rings. The second kappa shape index (κ2) is 7.62. The van der Waals surface area contributed by atoms with Gasteiger partial charge in [-0.3, -0.25) is 9.69 Å². The minimum atomic E-state index is -0.135. The Morgan fingerprint density at radius 1 is 1.26 bits per heavy atom. The first-order valence-corrected chi connectivity index (χ1v) is 9.45. The van der Waals surface area contributed by atoms with E-state index in [2.05, 4.69) is 27.4 Å². The second-order valence-corrected chi connectivity index (χ2v) is 6.97. The number of rotatable bonds is 5. The lowest BCUT2D eigenvalue weighted by Crippen LogP contribution is -2.37. The average Bonchev–Trinajstić information content (AvgIpc) is 3.11. The first-order valence-electron chi connectivity index (χ1n) is 9.45. The van der Waals surface area contributed by atoms with E-state index in [-0.39, 0.29) is 18.1 Å². The van der Waals surface area contributed by atoms with Crippen molar-refractivity contribution in [1.82, 2.24) is 20.2 Å². The molecular weight excluding hydrogens is 342 g/mol. The van der Waals surface area contributed by atoms with Gasteiger partial charge >= 0.3 is 0 Å². The van der Waals surface area contributed by atoms with Crippen molar-refractivity contribution in [2.45, 2.75) is 25.5 Å². The Morgan fingerprint density at radius 2 is 2.07 bits per heavy atom. The van der Waals surface area contributed by atoms with E-state index in [4.69, 9.17) is 9.72 Å². The minimum Gasteiger partial charge on any atom is -0.378 e. The summed E-state index contributed by atoms with van der Waals surface area (Å²) in [4.78, 5) is 24.1. The molecule has 0 radical (unpaired) electrons. The number of likely N-dealkylation sites (tertiary alicyclic amines) is 1. The second-order valence-electron chi connectivity index (χ2n) is 6.97. The molecule has 0 aliphatic carbocycles. The summed E-state index contributed by atoms with van der Waals surface area (Å²) in [6.07, 6.45) is 0.813. The fraction of sp³-hybridized carbons (Fsp3) is 0.450. The molecule has 2 aromatic rings. The molecule has 1 aromatic carbocycles. The van der Waals surface area contributed by atoms with Crippen LogP contribution in [0.1, 0.15) is 23.0 Å². The van der Waals surface area contributed by atoms with Gasteiger partial charge in [-0.05, 0) is 13.0 Å². The van der Waals surface area contributed by atoms with Gasteiger partial charge in [-0.25, -0.2) is 9.97 Å². The quantitative estimate of drug-likeness (QED) is 0.835. The van der Waals surface area contributed by atoms with Gasteiger partial charge in [0.15, 0.2) is 5.82 Å². The lowest BCUT2D eigenvalue weighted by atomic mass is 10.0. The zero-order valence-electron chi connectivity index (χ0n) is 15.7. The Labute approximate surface area is 159 Å². The fourth-order valence-corrected chi connectivity index (χ4v) is 3.79. The van der Waals surface area contributed by atoms with Gasteiger partial charge < -0.3 is 15.4 Å². The molecule has 1 saturated heterocycles. The van der Waals surface area contributed by atoms with Crippen molar-refractivity contribution in [3.05, 3.63) is 41.6 Å². The molecular formula is C20H25N5O2. The van der Waals surface area contributed by atoms with Crippen molar-refractivity contribution >= 4 is 11.7 Å². The highest BCUT2D eigenvalue weighted by Crippen LogP contribution is 2.27. The van der Waals surface area contributed by atoms with Crippen molar-refractivity contribution in [3.8, 4) is 11.4 Å². The summed E-state index contributed by atoms with van der Waals surface area (Å²) in [5.41, 5.74) is 2.26. The zero-order valence-corrected chi connectivity index (χ0v) is 15.7. The van der Waals surface area contributed by atoms with E-state index in [1.54, 1.807) is 7.11 Å². The predicted octanol–water partition coefficient (Wildman–Crippen LogP) is 1.56. The standard InChI is InChI=1S/C20H25N5O2/c1-3-25-11-15(16(12-25)27-2)22-19-14-9-10-21-20(26)17(14)23-18(24-19)13-7-5-4-6-8-13/h4-8,15-16H,3,9-12H2,1-2H3,(H,21,26)(H,22,23,24)/t15-,16-/m0/s1. The summed E-state index contributed by atoms with van der Waals surface area (Å²) in [5.74, 6) is 1.18. The molecule has 4 rings (SSSR count). The highest BCUT2D eigenvalue weighted by atomic mass is 16.5. The third-order valence-corrected chi connectivity index (χ3v) is 5.33. The highest BCUT2D eigenvalue weighted by molar-refractivity contribution is 5.96. The third-order valence-electron chi connectivity index (χ3n) is 5.33. The summed E-state index contributed by atoms with van der Waals surface area (Å²) < 4.78 is 5.68. The average molecular weight is 367 g/mol. The SMILES string of the molecule is CCN1C[C@H](Nc2nc(-c3ccccc3)nc3c2CCNC3=O)[C@@H](OC)C1. The van der Waals surface area contributed by atoms with Gasteiger partial charge in [0.25, 0.3) is 5.91 Å². The molecule has 1 amide bonds. The molecule has 7 heteroatoms. The Morgan fingerprint density at radius 3 is 2.81 bits per heavy atom. The number of amides is 1. The van der Waals surface area contributed by atoms with Crippen LogP contribution in [0.4, 0.5) is 5.82 Å². The molecule has 0 unspecified atom stereocenters. The zero-order chi connectivity index (χ0) is 18.8. The number of nitrogens with zero attached hydrogens (tertiary/aromatic N) is 3. The molecule has 0 bridgehead atoms. The maximum Gasteiger partial charge on any atom is 0.270 e. The molecule has 3 heterocycles. The van der Waals surface area contributed by atoms with Crippen LogP contribution in [-0.4, -0.2) is 66.2 Å². The molecule has 27 heavy (non-hydrogen) atoms. The van der Waals surface area contributed by atoms with E-state index in [0.29, 0.717) is 18.1 Å². The van der Waals surface area contributed by atoms with Gasteiger partial charge in [-0.1, -0.05) is 37.3 Å². The summed E-state index contributed by atoms with van der Waals surface area (Å²) in [7, 11) is 1.75. The monoisotopic (exact) mass is 367 g/mol. The Kier molecular flexibility index (Phi) is 5.05. The lowest BCUT2D eigenvalue weighted by molar-refractivity contribution is 0.0940. The Balaban J connectivity index is 1.73. The number of hydrogen-bond donors (Lipinski definition) is 2. The van der Waals surface area contributed by atoms with E-state index in [9.17, 15) is 4.79 Å². The van der Waals surface area contributed by atoms with Crippen LogP contribution in [-0.2, 0) is 11.2 Å². The van der Waals surface area contributed by atoms with Crippen LogP contribution in [0.2, 0.25) is 0 Å². The van der Waals surface area contributed by atoms with Gasteiger partial charge in [0.05, 0.1) is 12.1 Å². The number of carbonyl (C=O) groups is 1. The molecule has 2 atom stereocenters. The number of ether oxygens (including phenoxy) is 1. The van der Waals surface area contributed by atoms with Crippen molar-refractivity contribution in [1.29, 1.82) is 0 Å². The van der Waals surface area contributed by atoms with Crippen molar-refractivity contribution < 1.29 is 9.53 Å². The van der Waals surface area contributed by atoms with Gasteiger partial charge in [-0.15, -0.1) is 0 Å². The number of methoxy groups -OCH3 is 1. The molecule has 0 spiro atoms. The van der Waals surface area contributed by atoms with Gasteiger partial charge in [0, 0.05) is 37.9 Å². The summed E-state index contributed by atoms with van der Waals surface area (Å²) in [6, 6.07) is 9.89. The van der Waals surface area contributed by atoms with E-state index >= 15 is 0 Å². The number of benzene rings is 1. The number of hydrogen-bond acceptors (Lipinski definition) is 6. The normalized spacial score (nSPS) is 22.4. The number of anilines is 1. The molecule has 1 fully saturated rings. The molecule has 142 valence electrons. The summed E-state index contributed by atoms with van der Waals surface area (Å²) in [5, 5.41) is 6.45. The molecule has 0 saturated carbocycles. The first-order chi connectivity index (χ1) is 13.2. The molecule has 1 aromatic heterocycles. The van der Waals surface area contributed by atoms with Crippen LogP contribution in [0.5, 0.6) is 0 Å². The van der Waals surface area contributed by atoms with Crippen molar-refractivity contribution in [2.24, 2.45) is 0 Å². The van der Waals surface area contributed by atoms with E-state index in [1.807, 2.05) is 30.3 Å². The van der Waals surface area contributed by atoms with Crippen molar-refractivity contribution in [3.63, 3.8) is 0 Å². The number of nitrogens with one attached hydrogen (secondary N) is 2. The number of likely N-dealkylation sites (N-methyl/N-ethyl adjacent to an activating group) is 1. The number of carbonyl (C=O) groups excluding carboxylic acids is 1. The smallest absolute Gasteiger partial charge is 0.270 e. The topological polar surface area (TPSA) is 79.4 Å². The number of fused-ring (bicyclic) bond motifs is 1. The van der Waals surface area contributed by atoms with Crippen LogP contribution >= 0.6 is 0 Å². The maximum atomic E-state index is 12.4. The molecule has 2 N–H and O–H groups in total. The maximum absolute atomic E-state index is 12.4. The van der Waals surface area contributed by atoms with E-state index in [0.717, 1.165) is 43.0 Å². The Hall–Kier alpha value is -2.51. The predicted molar refractivity (Wildman–Crippen MR) is 104 cm³/mol. The highest BCUT2D eigenvalue weighted by Gasteiger charge is 2.34. The number of aromatic nitrogens is 2. The minimum absolute atomic E-state index is 0.0909.